The van der Waals surface area contributed by atoms with E-state index in [2.05, 4.69) is 4.99 Å². The normalized spacial score (nSPS) is 12.4. The molecule has 142 valence electrons. The first-order valence-corrected chi connectivity index (χ1v) is 11.5. The maximum absolute atomic E-state index is 12.4. The lowest BCUT2D eigenvalue weighted by atomic mass is 10.3. The van der Waals surface area contributed by atoms with E-state index in [0.29, 0.717) is 19.9 Å². The third-order valence-electron chi connectivity index (χ3n) is 3.60. The number of fused-ring (bicyclic) bond motifs is 1. The lowest BCUT2D eigenvalue weighted by Gasteiger charge is -2.05. The molecule has 0 saturated carbocycles. The van der Waals surface area contributed by atoms with E-state index >= 15 is 0 Å². The highest BCUT2D eigenvalue weighted by atomic mass is 32.2. The highest BCUT2D eigenvalue weighted by Gasteiger charge is 2.15. The molecule has 2 heterocycles. The first-order chi connectivity index (χ1) is 12.8. The van der Waals surface area contributed by atoms with Crippen molar-refractivity contribution in [3.8, 4) is 0 Å². The lowest BCUT2D eigenvalue weighted by molar-refractivity contribution is -0.143. The summed E-state index contributed by atoms with van der Waals surface area (Å²) in [4.78, 5) is 29.4. The molecule has 0 bridgehead atoms. The van der Waals surface area contributed by atoms with Crippen molar-refractivity contribution in [1.82, 2.24) is 4.57 Å². The Balaban J connectivity index is 2.17. The molecule has 1 aromatic carbocycles. The summed E-state index contributed by atoms with van der Waals surface area (Å²) in [7, 11) is -3.38. The summed E-state index contributed by atoms with van der Waals surface area (Å²) >= 11 is 2.42. The van der Waals surface area contributed by atoms with Gasteiger partial charge in [0.05, 0.1) is 26.6 Å². The first-order valence-electron chi connectivity index (χ1n) is 7.91. The molecular weight excluding hydrogens is 408 g/mol. The summed E-state index contributed by atoms with van der Waals surface area (Å²) in [5.41, 5.74) is 0.609. The Bertz CT molecular complexity index is 1170. The van der Waals surface area contributed by atoms with Crippen molar-refractivity contribution in [3.63, 3.8) is 0 Å². The van der Waals surface area contributed by atoms with Crippen LogP contribution in [0.2, 0.25) is 0 Å². The second kappa shape index (κ2) is 7.75. The molecule has 0 aliphatic rings. The maximum Gasteiger partial charge on any atom is 0.326 e. The van der Waals surface area contributed by atoms with Crippen molar-refractivity contribution in [2.45, 2.75) is 18.4 Å². The molecule has 0 N–H and O–H groups in total. The van der Waals surface area contributed by atoms with Gasteiger partial charge in [-0.2, -0.15) is 4.99 Å². The number of rotatable bonds is 5. The van der Waals surface area contributed by atoms with E-state index in [1.165, 1.54) is 23.5 Å². The summed E-state index contributed by atoms with van der Waals surface area (Å²) < 4.78 is 30.8. The van der Waals surface area contributed by atoms with Gasteiger partial charge in [0.1, 0.15) is 6.54 Å². The van der Waals surface area contributed by atoms with Crippen molar-refractivity contribution < 1.29 is 22.7 Å². The van der Waals surface area contributed by atoms with Crippen molar-refractivity contribution in [1.29, 1.82) is 0 Å². The van der Waals surface area contributed by atoms with Crippen LogP contribution in [-0.4, -0.2) is 37.7 Å². The second-order valence-electron chi connectivity index (χ2n) is 5.57. The number of carbonyl (C=O) groups is 2. The number of benzene rings is 1. The van der Waals surface area contributed by atoms with Gasteiger partial charge in [-0.15, -0.1) is 11.3 Å². The van der Waals surface area contributed by atoms with Crippen molar-refractivity contribution in [2.24, 2.45) is 4.99 Å². The maximum atomic E-state index is 12.4. The number of esters is 1. The smallest absolute Gasteiger partial charge is 0.326 e. The van der Waals surface area contributed by atoms with Gasteiger partial charge >= 0.3 is 5.97 Å². The van der Waals surface area contributed by atoms with Crippen LogP contribution in [0, 0.1) is 0 Å². The van der Waals surface area contributed by atoms with Gasteiger partial charge in [-0.25, -0.2) is 8.42 Å². The topological polar surface area (TPSA) is 94.8 Å². The minimum Gasteiger partial charge on any atom is -0.465 e. The Morgan fingerprint density at radius 3 is 2.67 bits per heavy atom. The molecule has 0 fully saturated rings. The number of aromatic nitrogens is 1. The zero-order valence-corrected chi connectivity index (χ0v) is 17.0. The Morgan fingerprint density at radius 2 is 2.04 bits per heavy atom. The summed E-state index contributed by atoms with van der Waals surface area (Å²) in [5.74, 6) is -0.882. The summed E-state index contributed by atoms with van der Waals surface area (Å²) in [6.45, 7) is 1.82. The quantitative estimate of drug-likeness (QED) is 0.587. The molecule has 0 aliphatic heterocycles. The number of thiazole rings is 1. The van der Waals surface area contributed by atoms with Gasteiger partial charge in [-0.05, 0) is 36.6 Å². The third kappa shape index (κ3) is 4.34. The van der Waals surface area contributed by atoms with E-state index < -0.39 is 21.7 Å². The largest absolute Gasteiger partial charge is 0.465 e. The molecule has 0 spiro atoms. The second-order valence-corrected chi connectivity index (χ2v) is 9.54. The molecule has 1 amide bonds. The van der Waals surface area contributed by atoms with E-state index in [4.69, 9.17) is 4.74 Å². The number of nitrogens with zero attached hydrogens (tertiary/aromatic N) is 2. The average Bonchev–Trinajstić information content (AvgIpc) is 3.23. The molecule has 7 nitrogen and oxygen atoms in total. The lowest BCUT2D eigenvalue weighted by Crippen LogP contribution is -2.23. The van der Waals surface area contributed by atoms with E-state index in [1.807, 2.05) is 0 Å². The predicted molar refractivity (Wildman–Crippen MR) is 104 cm³/mol. The zero-order valence-electron chi connectivity index (χ0n) is 14.5. The fourth-order valence-corrected chi connectivity index (χ4v) is 4.80. The van der Waals surface area contributed by atoms with Crippen molar-refractivity contribution >= 4 is 54.6 Å². The van der Waals surface area contributed by atoms with Crippen LogP contribution >= 0.6 is 22.7 Å². The van der Waals surface area contributed by atoms with Gasteiger partial charge in [0.25, 0.3) is 5.91 Å². The van der Waals surface area contributed by atoms with Gasteiger partial charge < -0.3 is 9.30 Å². The van der Waals surface area contributed by atoms with Crippen LogP contribution in [0.15, 0.2) is 45.6 Å². The zero-order chi connectivity index (χ0) is 19.6. The van der Waals surface area contributed by atoms with Crippen molar-refractivity contribution in [3.05, 3.63) is 45.4 Å². The van der Waals surface area contributed by atoms with E-state index in [0.717, 1.165) is 17.6 Å². The molecule has 3 rings (SSSR count). The molecule has 0 aliphatic carbocycles. The van der Waals surface area contributed by atoms with Crippen LogP contribution < -0.4 is 4.80 Å². The van der Waals surface area contributed by atoms with E-state index in [-0.39, 0.29) is 18.0 Å². The van der Waals surface area contributed by atoms with E-state index in [1.54, 1.807) is 35.1 Å². The fraction of sp³-hybridized carbons (Fsp3) is 0.235. The molecule has 10 heteroatoms. The summed E-state index contributed by atoms with van der Waals surface area (Å²) in [6.07, 6.45) is 1.13. The Hall–Kier alpha value is -2.30. The number of amides is 1. The van der Waals surface area contributed by atoms with Gasteiger partial charge in [0.2, 0.25) is 0 Å². The number of hydrogen-bond donors (Lipinski definition) is 0. The molecule has 27 heavy (non-hydrogen) atoms. The van der Waals surface area contributed by atoms with Crippen molar-refractivity contribution in [2.75, 3.05) is 12.9 Å². The Kier molecular flexibility index (Phi) is 5.59. The highest BCUT2D eigenvalue weighted by molar-refractivity contribution is 7.90. The van der Waals surface area contributed by atoms with Crippen LogP contribution in [0.3, 0.4) is 0 Å². The fourth-order valence-electron chi connectivity index (χ4n) is 2.40. The van der Waals surface area contributed by atoms with E-state index in [9.17, 15) is 18.0 Å². The van der Waals surface area contributed by atoms with Gasteiger partial charge in [0, 0.05) is 6.26 Å². The number of carbonyl (C=O) groups excluding carboxylic acids is 2. The van der Waals surface area contributed by atoms with Crippen LogP contribution in [0.4, 0.5) is 0 Å². The molecule has 2 aromatic heterocycles. The van der Waals surface area contributed by atoms with Gasteiger partial charge in [0.15, 0.2) is 14.6 Å². The monoisotopic (exact) mass is 424 g/mol. The van der Waals surface area contributed by atoms with Crippen LogP contribution in [0.5, 0.6) is 0 Å². The molecule has 0 saturated heterocycles. The van der Waals surface area contributed by atoms with Crippen LogP contribution in [0.25, 0.3) is 10.2 Å². The number of thiophene rings is 1. The highest BCUT2D eigenvalue weighted by Crippen LogP contribution is 2.22. The third-order valence-corrected chi connectivity index (χ3v) is 6.61. The van der Waals surface area contributed by atoms with Gasteiger partial charge in [-0.3, -0.25) is 9.59 Å². The predicted octanol–water partition coefficient (Wildman–Crippen LogP) is 2.47. The number of sulfone groups is 1. The Labute approximate surface area is 163 Å². The van der Waals surface area contributed by atoms with Crippen LogP contribution in [-0.2, 0) is 25.9 Å². The molecule has 3 aromatic rings. The molecule has 0 radical (unpaired) electrons. The minimum atomic E-state index is -3.38. The Morgan fingerprint density at radius 1 is 1.26 bits per heavy atom. The first kappa shape index (κ1) is 19.5. The molecular formula is C17H16N2O5S3. The minimum absolute atomic E-state index is 0.122. The summed E-state index contributed by atoms with van der Waals surface area (Å²) in [5, 5.41) is 1.78. The number of hydrogen-bond acceptors (Lipinski definition) is 7. The standard InChI is InChI=1S/C17H16N2O5S3/c1-3-24-15(20)10-19-12-7-6-11(27(2,22)23)9-14(12)26-17(19)18-16(21)13-5-4-8-25-13/h4-9H,3,10H2,1-2H3. The van der Waals surface area contributed by atoms with Crippen LogP contribution in [0.1, 0.15) is 16.6 Å². The number of ether oxygens (including phenoxy) is 1. The molecule has 0 unspecified atom stereocenters. The summed E-state index contributed by atoms with van der Waals surface area (Å²) in [6, 6.07) is 8.02. The molecule has 0 atom stereocenters. The van der Waals surface area contributed by atoms with Gasteiger partial charge in [-0.1, -0.05) is 17.4 Å². The average molecular weight is 425 g/mol. The SMILES string of the molecule is CCOC(=O)Cn1c(=NC(=O)c2cccs2)sc2cc(S(C)(=O)=O)ccc21.